The summed E-state index contributed by atoms with van der Waals surface area (Å²) in [6, 6.07) is 10.7. The maximum Gasteiger partial charge on any atom is 0.193 e. The predicted octanol–water partition coefficient (Wildman–Crippen LogP) is 3.97. The van der Waals surface area contributed by atoms with Crippen molar-refractivity contribution in [3.63, 3.8) is 0 Å². The molecule has 2 aromatic carbocycles. The minimum Gasteiger partial charge on any atom is -0.493 e. The fraction of sp³-hybridized carbons (Fsp3) is 0.188. The molecule has 20 heavy (non-hydrogen) atoms. The van der Waals surface area contributed by atoms with Gasteiger partial charge in [-0.3, -0.25) is 4.79 Å². The summed E-state index contributed by atoms with van der Waals surface area (Å²) in [5.41, 5.74) is 8.49. The third-order valence-corrected chi connectivity index (χ3v) is 3.62. The summed E-state index contributed by atoms with van der Waals surface area (Å²) < 4.78 is 6.21. The fourth-order valence-corrected chi connectivity index (χ4v) is 2.45. The Morgan fingerprint density at radius 2 is 2.00 bits per heavy atom. The minimum absolute atomic E-state index is 0.0430. The van der Waals surface area contributed by atoms with Crippen molar-refractivity contribution in [2.24, 2.45) is 0 Å². The van der Waals surface area contributed by atoms with Gasteiger partial charge in [-0.1, -0.05) is 6.07 Å². The molecule has 0 heterocycles. The van der Waals surface area contributed by atoms with Gasteiger partial charge in [-0.05, 0) is 65.7 Å². The highest BCUT2D eigenvalue weighted by Gasteiger charge is 2.14. The number of hydrogen-bond donors (Lipinski definition) is 1. The van der Waals surface area contributed by atoms with Crippen LogP contribution in [-0.2, 0) is 0 Å². The number of hydrogen-bond acceptors (Lipinski definition) is 3. The van der Waals surface area contributed by atoms with Gasteiger partial charge in [0.2, 0.25) is 0 Å². The highest BCUT2D eigenvalue weighted by Crippen LogP contribution is 2.27. The smallest absolute Gasteiger partial charge is 0.193 e. The summed E-state index contributed by atoms with van der Waals surface area (Å²) in [6.45, 7) is 4.40. The second-order valence-corrected chi connectivity index (χ2v) is 5.34. The number of rotatable bonds is 4. The zero-order chi connectivity index (χ0) is 14.7. The summed E-state index contributed by atoms with van der Waals surface area (Å²) in [7, 11) is 0. The third kappa shape index (κ3) is 3.02. The molecule has 0 bridgehead atoms. The predicted molar refractivity (Wildman–Crippen MR) is 84.3 cm³/mol. The molecule has 0 spiro atoms. The largest absolute Gasteiger partial charge is 0.493 e. The Balaban J connectivity index is 2.38. The Labute approximate surface area is 126 Å². The van der Waals surface area contributed by atoms with E-state index in [-0.39, 0.29) is 5.78 Å². The van der Waals surface area contributed by atoms with Gasteiger partial charge >= 0.3 is 0 Å². The number of carbonyl (C=O) groups excluding carboxylic acids is 1. The summed E-state index contributed by atoms with van der Waals surface area (Å²) in [4.78, 5) is 12.5. The molecule has 3 nitrogen and oxygen atoms in total. The lowest BCUT2D eigenvalue weighted by atomic mass is 9.98. The molecule has 0 fully saturated rings. The molecule has 104 valence electrons. The molecular formula is C16H16BrNO2. The summed E-state index contributed by atoms with van der Waals surface area (Å²) >= 11 is 3.42. The summed E-state index contributed by atoms with van der Waals surface area (Å²) in [6.07, 6.45) is 0. The summed E-state index contributed by atoms with van der Waals surface area (Å²) in [5.74, 6) is 0.687. The SMILES string of the molecule is CCOc1ccc(C(=O)c2cc(N)ccc2C)cc1Br. The van der Waals surface area contributed by atoms with Gasteiger partial charge in [0.1, 0.15) is 5.75 Å². The molecule has 0 aliphatic rings. The quantitative estimate of drug-likeness (QED) is 0.680. The zero-order valence-electron chi connectivity index (χ0n) is 11.4. The van der Waals surface area contributed by atoms with Crippen molar-refractivity contribution in [2.75, 3.05) is 12.3 Å². The van der Waals surface area contributed by atoms with E-state index in [2.05, 4.69) is 15.9 Å². The molecule has 0 amide bonds. The molecule has 2 rings (SSSR count). The number of benzene rings is 2. The van der Waals surface area contributed by atoms with Crippen LogP contribution >= 0.6 is 15.9 Å². The van der Waals surface area contributed by atoms with Gasteiger partial charge < -0.3 is 10.5 Å². The number of ketones is 1. The Kier molecular flexibility index (Phi) is 4.45. The molecule has 0 aliphatic heterocycles. The highest BCUT2D eigenvalue weighted by atomic mass is 79.9. The second kappa shape index (κ2) is 6.09. The standard InChI is InChI=1S/C16H16BrNO2/c1-3-20-15-7-5-11(8-14(15)17)16(19)13-9-12(18)6-4-10(13)2/h4-9H,3,18H2,1-2H3. The van der Waals surface area contributed by atoms with Crippen LogP contribution in [0.2, 0.25) is 0 Å². The molecule has 4 heteroatoms. The zero-order valence-corrected chi connectivity index (χ0v) is 13.0. The van der Waals surface area contributed by atoms with E-state index in [1.165, 1.54) is 0 Å². The van der Waals surface area contributed by atoms with Gasteiger partial charge in [0.15, 0.2) is 5.78 Å². The average Bonchev–Trinajstić information content (AvgIpc) is 2.43. The number of ether oxygens (including phenoxy) is 1. The first-order valence-electron chi connectivity index (χ1n) is 6.36. The van der Waals surface area contributed by atoms with E-state index in [9.17, 15) is 4.79 Å². The van der Waals surface area contributed by atoms with Crippen molar-refractivity contribution in [2.45, 2.75) is 13.8 Å². The number of carbonyl (C=O) groups is 1. The molecule has 0 atom stereocenters. The number of anilines is 1. The van der Waals surface area contributed by atoms with E-state index < -0.39 is 0 Å². The van der Waals surface area contributed by atoms with Crippen LogP contribution in [0.3, 0.4) is 0 Å². The van der Waals surface area contributed by atoms with E-state index >= 15 is 0 Å². The lowest BCUT2D eigenvalue weighted by Crippen LogP contribution is -2.05. The van der Waals surface area contributed by atoms with Crippen LogP contribution < -0.4 is 10.5 Å². The summed E-state index contributed by atoms with van der Waals surface area (Å²) in [5, 5.41) is 0. The van der Waals surface area contributed by atoms with E-state index in [4.69, 9.17) is 10.5 Å². The first-order chi connectivity index (χ1) is 9.52. The molecule has 0 aliphatic carbocycles. The Morgan fingerprint density at radius 1 is 1.25 bits per heavy atom. The Bertz CT molecular complexity index is 653. The van der Waals surface area contributed by atoms with Crippen LogP contribution in [0.4, 0.5) is 5.69 Å². The molecule has 0 unspecified atom stereocenters. The molecule has 0 saturated heterocycles. The van der Waals surface area contributed by atoms with Crippen LogP contribution in [0, 0.1) is 6.92 Å². The number of nitrogens with two attached hydrogens (primary N) is 1. The molecule has 0 aromatic heterocycles. The third-order valence-electron chi connectivity index (χ3n) is 3.00. The van der Waals surface area contributed by atoms with Gasteiger partial charge in [0, 0.05) is 16.8 Å². The first kappa shape index (κ1) is 14.6. The monoisotopic (exact) mass is 333 g/mol. The normalized spacial score (nSPS) is 10.3. The lowest BCUT2D eigenvalue weighted by molar-refractivity contribution is 0.103. The molecular weight excluding hydrogens is 318 g/mol. The number of aryl methyl sites for hydroxylation is 1. The fourth-order valence-electron chi connectivity index (χ4n) is 1.95. The van der Waals surface area contributed by atoms with Crippen molar-refractivity contribution < 1.29 is 9.53 Å². The molecule has 0 radical (unpaired) electrons. The minimum atomic E-state index is -0.0430. The molecule has 0 saturated carbocycles. The van der Waals surface area contributed by atoms with Crippen molar-refractivity contribution >= 4 is 27.4 Å². The second-order valence-electron chi connectivity index (χ2n) is 4.48. The Morgan fingerprint density at radius 3 is 2.65 bits per heavy atom. The van der Waals surface area contributed by atoms with Crippen LogP contribution in [0.1, 0.15) is 28.4 Å². The van der Waals surface area contributed by atoms with Gasteiger partial charge in [-0.2, -0.15) is 0 Å². The molecule has 2 N–H and O–H groups in total. The first-order valence-corrected chi connectivity index (χ1v) is 7.15. The van der Waals surface area contributed by atoms with Gasteiger partial charge in [0.05, 0.1) is 11.1 Å². The lowest BCUT2D eigenvalue weighted by Gasteiger charge is -2.09. The number of halogens is 1. The Hall–Kier alpha value is -1.81. The van der Waals surface area contributed by atoms with E-state index in [0.717, 1.165) is 15.8 Å². The van der Waals surface area contributed by atoms with Crippen LogP contribution in [-0.4, -0.2) is 12.4 Å². The van der Waals surface area contributed by atoms with Crippen molar-refractivity contribution in [1.82, 2.24) is 0 Å². The van der Waals surface area contributed by atoms with Gasteiger partial charge in [-0.15, -0.1) is 0 Å². The van der Waals surface area contributed by atoms with Gasteiger partial charge in [0.25, 0.3) is 0 Å². The van der Waals surface area contributed by atoms with Crippen molar-refractivity contribution in [1.29, 1.82) is 0 Å². The van der Waals surface area contributed by atoms with Crippen molar-refractivity contribution in [3.8, 4) is 5.75 Å². The van der Waals surface area contributed by atoms with E-state index in [1.807, 2.05) is 19.9 Å². The van der Waals surface area contributed by atoms with E-state index in [0.29, 0.717) is 23.4 Å². The maximum atomic E-state index is 12.5. The average molecular weight is 334 g/mol. The highest BCUT2D eigenvalue weighted by molar-refractivity contribution is 9.10. The topological polar surface area (TPSA) is 52.3 Å². The van der Waals surface area contributed by atoms with Crippen LogP contribution in [0.5, 0.6) is 5.75 Å². The van der Waals surface area contributed by atoms with E-state index in [1.54, 1.807) is 30.3 Å². The molecule has 2 aromatic rings. The maximum absolute atomic E-state index is 12.5. The number of nitrogen functional groups attached to an aromatic ring is 1. The van der Waals surface area contributed by atoms with Crippen molar-refractivity contribution in [3.05, 3.63) is 57.6 Å². The van der Waals surface area contributed by atoms with Crippen LogP contribution in [0.25, 0.3) is 0 Å². The van der Waals surface area contributed by atoms with Crippen LogP contribution in [0.15, 0.2) is 40.9 Å². The van der Waals surface area contributed by atoms with Gasteiger partial charge in [-0.25, -0.2) is 0 Å².